The van der Waals surface area contributed by atoms with E-state index in [0.717, 1.165) is 271 Å². The van der Waals surface area contributed by atoms with Crippen molar-refractivity contribution in [2.75, 3.05) is 39.3 Å². The van der Waals surface area contributed by atoms with E-state index in [9.17, 15) is 28.8 Å². The van der Waals surface area contributed by atoms with Crippen molar-refractivity contribution in [3.05, 3.63) is 205 Å². The minimum atomic E-state index is -1.48. The van der Waals surface area contributed by atoms with Crippen molar-refractivity contribution in [2.24, 2.45) is 0 Å². The number of nitrogens with one attached hydrogen (secondary N) is 6. The Bertz CT molecular complexity index is 4810. The van der Waals surface area contributed by atoms with Crippen molar-refractivity contribution >= 4 is 83.1 Å². The Morgan fingerprint density at radius 1 is 0.241 bits per heavy atom. The highest BCUT2D eigenvalue weighted by atomic mass is 19.1. The topological polar surface area (TPSA) is 258 Å². The zero-order valence-corrected chi connectivity index (χ0v) is 69.3. The highest BCUT2D eigenvalue weighted by Gasteiger charge is 2.23. The van der Waals surface area contributed by atoms with Crippen LogP contribution < -0.4 is 33.4 Å². The van der Waals surface area contributed by atoms with E-state index >= 15 is 36.3 Å². The van der Waals surface area contributed by atoms with Gasteiger partial charge in [0, 0.05) is 66.7 Å². The molecule has 116 heavy (non-hydrogen) atoms. The highest BCUT2D eigenvalue weighted by Crippen LogP contribution is 2.24. The summed E-state index contributed by atoms with van der Waals surface area (Å²) in [5.74, 6) is -8.73. The molecule has 0 saturated carbocycles. The van der Waals surface area contributed by atoms with E-state index in [1.165, 1.54) is 18.2 Å². The molecule has 7 rings (SSSR count). The molecular formula is C93H124F5N9O9. The number of aromatic nitrogens is 6. The first-order valence-corrected chi connectivity index (χ1v) is 43.1. The molecule has 0 atom stereocenters. The number of rotatable bonds is 45. The fourth-order valence-electron chi connectivity index (χ4n) is 14.5. The van der Waals surface area contributed by atoms with Gasteiger partial charge in [-0.2, -0.15) is 0 Å². The number of unbranched alkanes of at least 4 members (excludes halogenated alkanes) is 30. The summed E-state index contributed by atoms with van der Waals surface area (Å²) >= 11 is 0. The van der Waals surface area contributed by atoms with Gasteiger partial charge in [0.15, 0.2) is 17.5 Å². The summed E-state index contributed by atoms with van der Waals surface area (Å²) in [5, 5.41) is -3.88. The maximum absolute atomic E-state index is 17.6. The summed E-state index contributed by atoms with van der Waals surface area (Å²) in [6, 6.07) is 17.6. The van der Waals surface area contributed by atoms with Gasteiger partial charge in [-0.25, -0.2) is 22.0 Å². The number of aromatic amines is 6. The molecule has 0 radical (unpaired) electrons. The molecule has 0 aliphatic carbocycles. The molecule has 0 aliphatic heterocycles. The van der Waals surface area contributed by atoms with Crippen LogP contribution in [0.2, 0.25) is 0 Å². The monoisotopic (exact) mass is 1610 g/mol. The molecule has 3 amide bonds. The molecule has 7 aromatic rings. The van der Waals surface area contributed by atoms with Gasteiger partial charge in [-0.05, 0) is 117 Å². The Morgan fingerprint density at radius 3 is 0.629 bits per heavy atom. The average molecular weight is 1610 g/mol. The van der Waals surface area contributed by atoms with Crippen LogP contribution >= 0.6 is 0 Å². The first-order valence-electron chi connectivity index (χ1n) is 43.1. The molecule has 630 valence electrons. The predicted octanol–water partition coefficient (Wildman–Crippen LogP) is 22.0. The number of carbonyl (C=O) groups excluding carboxylic acids is 3. The molecule has 6 aromatic carbocycles. The second-order valence-electron chi connectivity index (χ2n) is 30.8. The van der Waals surface area contributed by atoms with Crippen molar-refractivity contribution < 1.29 is 36.3 Å². The number of nitrogens with zero attached hydrogens (tertiary/aromatic N) is 3. The average Bonchev–Trinajstić information content (AvgIpc) is 0.793. The molecule has 1 aromatic heterocycles. The minimum Gasteiger partial charge on any atom is -0.339 e. The SMILES string of the molecule is CCCCCCCCN(CCCCCCCC)C(=O)c1cc2[nH]c(=O)c3cccc(c3)c(=O)[nH]c3cc(C(=O)N(CCCCCCCC)CCCCCCCC)cc([nH]c(=O)c4cccc(c4F)c(=O)[nH]c4cc(C(=O)N(CCCCCCCC)CCCCCCCC)cc([nH]c(=O)c5cccc(c5F)c(=O)[nH]c(c1)c2F)c4F)c3F. The summed E-state index contributed by atoms with van der Waals surface area (Å²) in [7, 11) is 0. The van der Waals surface area contributed by atoms with Gasteiger partial charge < -0.3 is 44.6 Å². The highest BCUT2D eigenvalue weighted by molar-refractivity contribution is 5.99. The molecule has 0 saturated heterocycles. The Labute approximate surface area is 677 Å². The molecule has 18 nitrogen and oxygen atoms in total. The minimum absolute atomic E-state index is 0.183. The van der Waals surface area contributed by atoms with E-state index in [4.69, 9.17) is 0 Å². The molecule has 0 fully saturated rings. The molecular weight excluding hydrogens is 1480 g/mol. The quantitative estimate of drug-likeness (QED) is 0.0156. The van der Waals surface area contributed by atoms with E-state index in [-0.39, 0.29) is 40.6 Å². The van der Waals surface area contributed by atoms with Crippen LogP contribution in [-0.4, -0.2) is 102 Å². The van der Waals surface area contributed by atoms with Crippen molar-refractivity contribution in [1.82, 2.24) is 44.6 Å². The maximum atomic E-state index is 17.6. The number of carbonyl (C=O) groups is 3. The molecule has 23 heteroatoms. The Hall–Kier alpha value is -9.80. The number of benzene rings is 6. The summed E-state index contributed by atoms with van der Waals surface area (Å²) in [6.45, 7) is 14.5. The van der Waals surface area contributed by atoms with Gasteiger partial charge in [-0.1, -0.05) is 252 Å². The van der Waals surface area contributed by atoms with E-state index in [0.29, 0.717) is 64.7 Å². The third kappa shape index (κ3) is 28.8. The van der Waals surface area contributed by atoms with Crippen LogP contribution in [0.4, 0.5) is 22.0 Å². The second-order valence-corrected chi connectivity index (χ2v) is 30.8. The first-order chi connectivity index (χ1) is 56.2. The molecule has 1 heterocycles. The molecule has 12 bridgehead atoms. The third-order valence-corrected chi connectivity index (χ3v) is 21.4. The van der Waals surface area contributed by atoms with E-state index in [1.54, 1.807) is 14.7 Å². The van der Waals surface area contributed by atoms with Gasteiger partial charge in [-0.3, -0.25) is 43.2 Å². The maximum Gasteiger partial charge on any atom is 0.258 e. The van der Waals surface area contributed by atoms with Crippen LogP contribution in [0.25, 0.3) is 65.4 Å². The Kier molecular flexibility index (Phi) is 40.7. The number of amides is 3. The van der Waals surface area contributed by atoms with Gasteiger partial charge in [0.25, 0.3) is 51.1 Å². The smallest absolute Gasteiger partial charge is 0.258 e. The third-order valence-electron chi connectivity index (χ3n) is 21.4. The summed E-state index contributed by atoms with van der Waals surface area (Å²) in [6.07, 6.45) is 32.7. The van der Waals surface area contributed by atoms with Crippen molar-refractivity contribution in [1.29, 1.82) is 0 Å². The van der Waals surface area contributed by atoms with Gasteiger partial charge in [0.2, 0.25) is 0 Å². The Balaban J connectivity index is 1.61. The molecule has 0 spiro atoms. The van der Waals surface area contributed by atoms with Gasteiger partial charge in [0.05, 0.1) is 54.6 Å². The largest absolute Gasteiger partial charge is 0.339 e. The first kappa shape index (κ1) is 93.4. The number of hydrogen-bond acceptors (Lipinski definition) is 9. The fraction of sp³-hybridized carbons (Fsp3) is 0.516. The number of halogens is 5. The van der Waals surface area contributed by atoms with Crippen LogP contribution in [0.5, 0.6) is 0 Å². The lowest BCUT2D eigenvalue weighted by atomic mass is 10.1. The van der Waals surface area contributed by atoms with E-state index in [1.807, 2.05) is 0 Å². The number of hydrogen-bond donors (Lipinski definition) is 6. The number of H-pyrrole nitrogens is 6. The zero-order chi connectivity index (χ0) is 83.7. The normalized spacial score (nSPS) is 11.3. The summed E-state index contributed by atoms with van der Waals surface area (Å²) < 4.78 is 87.2. The second kappa shape index (κ2) is 50.6. The van der Waals surface area contributed by atoms with Crippen LogP contribution in [0.15, 0.2) is 126 Å². The van der Waals surface area contributed by atoms with Crippen molar-refractivity contribution in [3.8, 4) is 0 Å². The van der Waals surface area contributed by atoms with Gasteiger partial charge in [0.1, 0.15) is 11.6 Å². The van der Waals surface area contributed by atoms with Gasteiger partial charge in [-0.15, -0.1) is 0 Å². The van der Waals surface area contributed by atoms with Crippen molar-refractivity contribution in [3.63, 3.8) is 0 Å². The summed E-state index contributed by atoms with van der Waals surface area (Å²) in [4.78, 5) is 152. The van der Waals surface area contributed by atoms with E-state index < -0.39 is 135 Å². The van der Waals surface area contributed by atoms with Crippen LogP contribution in [0, 0.1) is 29.1 Å². The van der Waals surface area contributed by atoms with Crippen LogP contribution in [0.3, 0.4) is 0 Å². The lowest BCUT2D eigenvalue weighted by Crippen LogP contribution is -2.33. The lowest BCUT2D eigenvalue weighted by molar-refractivity contribution is 0.0742. The van der Waals surface area contributed by atoms with Crippen LogP contribution in [-0.2, 0) is 0 Å². The van der Waals surface area contributed by atoms with Crippen LogP contribution in [0.1, 0.15) is 304 Å². The number of fused-ring (bicyclic) bond motifs is 12. The molecule has 6 N–H and O–H groups in total. The summed E-state index contributed by atoms with van der Waals surface area (Å²) in [5.41, 5.74) is -12.3. The fourth-order valence-corrected chi connectivity index (χ4v) is 14.5. The zero-order valence-electron chi connectivity index (χ0n) is 69.3. The predicted molar refractivity (Wildman–Crippen MR) is 462 cm³/mol. The standard InChI is InChI=1S/C93H124F5N9O9/c1-7-13-19-25-31-37-52-105(53-38-32-26-20-14-8-2)91(114)67-59-74-82(96)76(61-67)101-87(110)70-48-44-50-72(80(70)94)89(112)103-78-63-69(93(116)107(56-41-35-29-23-17-11-5)57-42-36-30-24-18-12-6)64-79(84(78)98)104-90(113)73-51-45-49-71(81(73)95)88(111)102-77-62-68(60-75(83(77)97)100-86(109)66-47-43-46-65(58-66)85(108)99-74)92(115)106(54-39-33-27-21-15-9-3)55-40-34-28-22-16-10-4/h43-51,58-64H,7-42,52-57H2,1-6H3,(H,99,108)(H,100,109)(H,101,110)(H,102,111)(H,103,112)(H,104,113). The van der Waals surface area contributed by atoms with Crippen molar-refractivity contribution in [2.45, 2.75) is 273 Å². The van der Waals surface area contributed by atoms with E-state index in [2.05, 4.69) is 71.4 Å². The Morgan fingerprint density at radius 2 is 0.422 bits per heavy atom. The molecule has 0 aliphatic rings. The van der Waals surface area contributed by atoms with Gasteiger partial charge >= 0.3 is 0 Å². The lowest BCUT2D eigenvalue weighted by Gasteiger charge is -2.23. The molecule has 0 unspecified atom stereocenters.